The molecular weight excluding hydrogens is 170 g/mol. The van der Waals surface area contributed by atoms with Crippen LogP contribution in [0.15, 0.2) is 0 Å². The summed E-state index contributed by atoms with van der Waals surface area (Å²) in [6, 6.07) is 0.418. The number of thiocarbonyl (C=S) groups is 1. The second-order valence-corrected chi connectivity index (χ2v) is 3.66. The third-order valence-electron chi connectivity index (χ3n) is 1.54. The first-order chi connectivity index (χ1) is 5.49. The molecule has 0 aliphatic carbocycles. The van der Waals surface area contributed by atoms with Crippen molar-refractivity contribution in [3.8, 4) is 0 Å². The van der Waals surface area contributed by atoms with Gasteiger partial charge in [-0.2, -0.15) is 0 Å². The van der Waals surface area contributed by atoms with E-state index in [1.165, 1.54) is 0 Å². The molecule has 0 aromatic rings. The van der Waals surface area contributed by atoms with Crippen molar-refractivity contribution in [2.24, 2.45) is 0 Å². The van der Waals surface area contributed by atoms with E-state index in [4.69, 9.17) is 17.0 Å². The van der Waals surface area contributed by atoms with Crippen molar-refractivity contribution in [2.75, 3.05) is 6.54 Å². The Balaban J connectivity index is 4.04. The van der Waals surface area contributed by atoms with Crippen LogP contribution >= 0.6 is 12.2 Å². The van der Waals surface area contributed by atoms with Crippen molar-refractivity contribution in [2.45, 2.75) is 46.8 Å². The van der Waals surface area contributed by atoms with Crippen molar-refractivity contribution in [3.63, 3.8) is 0 Å². The highest BCUT2D eigenvalue weighted by atomic mass is 32.1. The summed E-state index contributed by atoms with van der Waals surface area (Å²) in [6.45, 7) is 11.2. The molecule has 0 aromatic carbocycles. The molecule has 2 nitrogen and oxygen atoms in total. The molecule has 0 aliphatic rings. The van der Waals surface area contributed by atoms with Gasteiger partial charge in [0.15, 0.2) is 0 Å². The van der Waals surface area contributed by atoms with Gasteiger partial charge in [0.05, 0.1) is 6.10 Å². The predicted molar refractivity (Wildman–Crippen MR) is 56.3 cm³/mol. The largest absolute Gasteiger partial charge is 0.468 e. The van der Waals surface area contributed by atoms with Crippen LogP contribution in [0.5, 0.6) is 0 Å². The van der Waals surface area contributed by atoms with Gasteiger partial charge in [-0.3, -0.25) is 0 Å². The molecule has 0 aliphatic heterocycles. The second-order valence-electron chi connectivity index (χ2n) is 3.31. The van der Waals surface area contributed by atoms with E-state index >= 15 is 0 Å². The average molecular weight is 189 g/mol. The Hall–Kier alpha value is -0.310. The fourth-order valence-electron chi connectivity index (χ4n) is 0.974. The van der Waals surface area contributed by atoms with Crippen LogP contribution in [-0.2, 0) is 4.74 Å². The van der Waals surface area contributed by atoms with Crippen molar-refractivity contribution in [3.05, 3.63) is 0 Å². The van der Waals surface area contributed by atoms with Gasteiger partial charge in [-0.25, -0.2) is 0 Å². The average Bonchev–Trinajstić information content (AvgIpc) is 1.85. The molecule has 0 bridgehead atoms. The van der Waals surface area contributed by atoms with Crippen LogP contribution in [0, 0.1) is 0 Å². The van der Waals surface area contributed by atoms with Gasteiger partial charge in [-0.15, -0.1) is 0 Å². The molecule has 3 heteroatoms. The third kappa shape index (κ3) is 3.90. The summed E-state index contributed by atoms with van der Waals surface area (Å²) in [6.07, 6.45) is 0.172. The third-order valence-corrected chi connectivity index (χ3v) is 1.87. The zero-order valence-corrected chi connectivity index (χ0v) is 9.44. The van der Waals surface area contributed by atoms with E-state index in [9.17, 15) is 0 Å². The van der Waals surface area contributed by atoms with Crippen LogP contribution < -0.4 is 0 Å². The first-order valence-corrected chi connectivity index (χ1v) is 4.87. The van der Waals surface area contributed by atoms with Gasteiger partial charge in [0.1, 0.15) is 0 Å². The summed E-state index contributed by atoms with van der Waals surface area (Å²) in [7, 11) is 0. The quantitative estimate of drug-likeness (QED) is 0.633. The van der Waals surface area contributed by atoms with E-state index < -0.39 is 0 Å². The highest BCUT2D eigenvalue weighted by Gasteiger charge is 2.12. The van der Waals surface area contributed by atoms with Crippen molar-refractivity contribution in [1.82, 2.24) is 4.90 Å². The van der Waals surface area contributed by atoms with E-state index in [-0.39, 0.29) is 6.10 Å². The summed E-state index contributed by atoms with van der Waals surface area (Å²) in [5.41, 5.74) is 0. The van der Waals surface area contributed by atoms with Gasteiger partial charge in [0.2, 0.25) is 0 Å². The Kier molecular flexibility index (Phi) is 5.22. The van der Waals surface area contributed by atoms with Crippen LogP contribution in [0.25, 0.3) is 0 Å². The Morgan fingerprint density at radius 2 is 1.83 bits per heavy atom. The second kappa shape index (κ2) is 5.36. The highest BCUT2D eigenvalue weighted by molar-refractivity contribution is 7.80. The SMILES string of the molecule is CCN(C(=S)OC(C)C)C(C)C. The molecule has 0 atom stereocenters. The maximum absolute atomic E-state index is 5.42. The smallest absolute Gasteiger partial charge is 0.259 e. The minimum Gasteiger partial charge on any atom is -0.468 e. The molecule has 0 saturated carbocycles. The number of hydrogen-bond acceptors (Lipinski definition) is 2. The molecule has 0 rings (SSSR count). The zero-order valence-electron chi connectivity index (χ0n) is 8.63. The number of rotatable bonds is 3. The van der Waals surface area contributed by atoms with E-state index in [0.717, 1.165) is 6.54 Å². The van der Waals surface area contributed by atoms with Gasteiger partial charge in [0, 0.05) is 12.6 Å². The maximum atomic E-state index is 5.42. The standard InChI is InChI=1S/C9H19NOS/c1-6-10(7(2)3)9(12)11-8(4)5/h7-8H,6H2,1-5H3. The lowest BCUT2D eigenvalue weighted by Gasteiger charge is -2.28. The predicted octanol–water partition coefficient (Wildman–Crippen LogP) is 2.43. The van der Waals surface area contributed by atoms with Gasteiger partial charge >= 0.3 is 0 Å². The minimum absolute atomic E-state index is 0.172. The lowest BCUT2D eigenvalue weighted by atomic mass is 10.3. The fourth-order valence-corrected chi connectivity index (χ4v) is 1.51. The van der Waals surface area contributed by atoms with Gasteiger partial charge < -0.3 is 9.64 Å². The Bertz CT molecular complexity index is 145. The summed E-state index contributed by atoms with van der Waals surface area (Å²) in [4.78, 5) is 2.06. The maximum Gasteiger partial charge on any atom is 0.259 e. The number of hydrogen-bond donors (Lipinski definition) is 0. The number of nitrogens with zero attached hydrogens (tertiary/aromatic N) is 1. The Labute approximate surface area is 80.9 Å². The monoisotopic (exact) mass is 189 g/mol. The molecule has 0 N–H and O–H groups in total. The van der Waals surface area contributed by atoms with Gasteiger partial charge in [-0.1, -0.05) is 0 Å². The van der Waals surface area contributed by atoms with Gasteiger partial charge in [0.25, 0.3) is 5.17 Å². The normalized spacial score (nSPS) is 10.6. The van der Waals surface area contributed by atoms with Gasteiger partial charge in [-0.05, 0) is 46.8 Å². The van der Waals surface area contributed by atoms with Crippen LogP contribution in [0.1, 0.15) is 34.6 Å². The van der Waals surface area contributed by atoms with Crippen LogP contribution in [0.4, 0.5) is 0 Å². The van der Waals surface area contributed by atoms with E-state index in [2.05, 4.69) is 25.7 Å². The fraction of sp³-hybridized carbons (Fsp3) is 0.889. The van der Waals surface area contributed by atoms with Crippen LogP contribution in [-0.4, -0.2) is 28.8 Å². The van der Waals surface area contributed by atoms with Crippen LogP contribution in [0.2, 0.25) is 0 Å². The lowest BCUT2D eigenvalue weighted by molar-refractivity contribution is 0.176. The summed E-state index contributed by atoms with van der Waals surface area (Å²) in [5.74, 6) is 0. The summed E-state index contributed by atoms with van der Waals surface area (Å²) in [5, 5.41) is 0.613. The summed E-state index contributed by atoms with van der Waals surface area (Å²) < 4.78 is 5.42. The molecule has 0 aromatic heterocycles. The van der Waals surface area contributed by atoms with Crippen molar-refractivity contribution >= 4 is 17.4 Å². The molecule has 0 unspecified atom stereocenters. The van der Waals surface area contributed by atoms with Crippen molar-refractivity contribution in [1.29, 1.82) is 0 Å². The summed E-state index contributed by atoms with van der Waals surface area (Å²) >= 11 is 5.13. The first kappa shape index (κ1) is 11.7. The Morgan fingerprint density at radius 1 is 1.33 bits per heavy atom. The minimum atomic E-state index is 0.172. The first-order valence-electron chi connectivity index (χ1n) is 4.46. The molecule has 72 valence electrons. The molecule has 0 spiro atoms. The molecule has 0 saturated heterocycles. The molecule has 0 amide bonds. The van der Waals surface area contributed by atoms with Crippen molar-refractivity contribution < 1.29 is 4.74 Å². The topological polar surface area (TPSA) is 12.5 Å². The molecule has 0 fully saturated rings. The molecule has 12 heavy (non-hydrogen) atoms. The van der Waals surface area contributed by atoms with E-state index in [1.54, 1.807) is 0 Å². The van der Waals surface area contributed by atoms with E-state index in [0.29, 0.717) is 11.2 Å². The number of ether oxygens (including phenoxy) is 1. The molecule has 0 radical (unpaired) electrons. The lowest BCUT2D eigenvalue weighted by Crippen LogP contribution is -2.38. The Morgan fingerprint density at radius 3 is 2.08 bits per heavy atom. The zero-order chi connectivity index (χ0) is 9.72. The van der Waals surface area contributed by atoms with Crippen LogP contribution in [0.3, 0.4) is 0 Å². The molecular formula is C9H19NOS. The molecule has 0 heterocycles. The highest BCUT2D eigenvalue weighted by Crippen LogP contribution is 2.03. The van der Waals surface area contributed by atoms with E-state index in [1.807, 2.05) is 13.8 Å².